The smallest absolute Gasteiger partial charge is 0.161 e. The maximum atomic E-state index is 5.76. The molecule has 0 aliphatic carbocycles. The van der Waals surface area contributed by atoms with Crippen molar-refractivity contribution in [3.63, 3.8) is 0 Å². The Morgan fingerprint density at radius 1 is 1.13 bits per heavy atom. The summed E-state index contributed by atoms with van der Waals surface area (Å²) in [4.78, 5) is 4.02. The normalized spacial score (nSPS) is 10.3. The molecular weight excluding hydrogens is 192 g/mol. The number of methoxy groups -OCH3 is 2. The van der Waals surface area contributed by atoms with Crippen LogP contribution in [0.3, 0.4) is 0 Å². The highest BCUT2D eigenvalue weighted by Gasteiger charge is 2.07. The van der Waals surface area contributed by atoms with E-state index in [4.69, 9.17) is 15.2 Å². The molecule has 4 heteroatoms. The number of pyridine rings is 1. The summed E-state index contributed by atoms with van der Waals surface area (Å²) in [6.45, 7) is 0. The summed E-state index contributed by atoms with van der Waals surface area (Å²) in [5.74, 6) is 1.84. The van der Waals surface area contributed by atoms with Gasteiger partial charge in [0, 0.05) is 11.6 Å². The van der Waals surface area contributed by atoms with Crippen molar-refractivity contribution in [3.8, 4) is 11.5 Å². The molecule has 15 heavy (non-hydrogen) atoms. The number of nitrogen functional groups attached to an aromatic ring is 1. The van der Waals surface area contributed by atoms with Gasteiger partial charge in [0.05, 0.1) is 14.2 Å². The molecule has 1 aromatic heterocycles. The molecule has 1 heterocycles. The van der Waals surface area contributed by atoms with Gasteiger partial charge in [0.2, 0.25) is 0 Å². The number of rotatable bonds is 2. The van der Waals surface area contributed by atoms with Gasteiger partial charge >= 0.3 is 0 Å². The van der Waals surface area contributed by atoms with Crippen LogP contribution < -0.4 is 15.2 Å². The van der Waals surface area contributed by atoms with E-state index in [1.807, 2.05) is 18.2 Å². The average Bonchev–Trinajstić information content (AvgIpc) is 2.28. The molecule has 0 bridgehead atoms. The molecule has 0 amide bonds. The largest absolute Gasteiger partial charge is 0.493 e. The van der Waals surface area contributed by atoms with E-state index in [2.05, 4.69) is 4.98 Å². The fourth-order valence-electron chi connectivity index (χ4n) is 1.52. The van der Waals surface area contributed by atoms with Crippen molar-refractivity contribution in [2.45, 2.75) is 0 Å². The number of fused-ring (bicyclic) bond motifs is 1. The van der Waals surface area contributed by atoms with Crippen molar-refractivity contribution < 1.29 is 9.47 Å². The van der Waals surface area contributed by atoms with E-state index in [0.29, 0.717) is 17.3 Å². The fourth-order valence-corrected chi connectivity index (χ4v) is 1.52. The van der Waals surface area contributed by atoms with Crippen molar-refractivity contribution in [2.24, 2.45) is 0 Å². The molecule has 2 aromatic rings. The summed E-state index contributed by atoms with van der Waals surface area (Å²) in [6, 6.07) is 5.59. The fraction of sp³-hybridized carbons (Fsp3) is 0.182. The molecular formula is C11H12N2O2. The van der Waals surface area contributed by atoms with Gasteiger partial charge in [-0.15, -0.1) is 0 Å². The second-order valence-corrected chi connectivity index (χ2v) is 3.12. The minimum atomic E-state index is 0.494. The van der Waals surface area contributed by atoms with Crippen LogP contribution in [-0.2, 0) is 0 Å². The lowest BCUT2D eigenvalue weighted by Gasteiger charge is -2.09. The Labute approximate surface area is 87.6 Å². The second kappa shape index (κ2) is 3.65. The number of benzene rings is 1. The maximum absolute atomic E-state index is 5.76. The molecule has 0 saturated heterocycles. The van der Waals surface area contributed by atoms with Crippen LogP contribution in [0.2, 0.25) is 0 Å². The third kappa shape index (κ3) is 1.54. The number of hydrogen-bond donors (Lipinski definition) is 1. The number of hydrogen-bond acceptors (Lipinski definition) is 4. The van der Waals surface area contributed by atoms with E-state index in [9.17, 15) is 0 Å². The quantitative estimate of drug-likeness (QED) is 0.810. The molecule has 0 fully saturated rings. The Bertz CT molecular complexity index is 497. The molecule has 78 valence electrons. The zero-order chi connectivity index (χ0) is 10.8. The Kier molecular flexibility index (Phi) is 2.33. The first-order chi connectivity index (χ1) is 7.26. The topological polar surface area (TPSA) is 57.4 Å². The molecule has 0 saturated carbocycles. The van der Waals surface area contributed by atoms with Gasteiger partial charge in [0.15, 0.2) is 11.5 Å². The Balaban J connectivity index is 2.75. The van der Waals surface area contributed by atoms with Gasteiger partial charge in [-0.1, -0.05) is 0 Å². The monoisotopic (exact) mass is 204 g/mol. The summed E-state index contributed by atoms with van der Waals surface area (Å²) in [5, 5.41) is 1.86. The molecule has 0 atom stereocenters. The second-order valence-electron chi connectivity index (χ2n) is 3.12. The van der Waals surface area contributed by atoms with Gasteiger partial charge in [-0.25, -0.2) is 4.98 Å². The lowest BCUT2D eigenvalue weighted by atomic mass is 10.1. The third-order valence-electron chi connectivity index (χ3n) is 2.30. The summed E-state index contributed by atoms with van der Waals surface area (Å²) in [5.41, 5.74) is 5.76. The minimum absolute atomic E-state index is 0.494. The van der Waals surface area contributed by atoms with E-state index in [1.54, 1.807) is 20.4 Å². The summed E-state index contributed by atoms with van der Waals surface area (Å²) < 4.78 is 10.4. The lowest BCUT2D eigenvalue weighted by Crippen LogP contribution is -1.94. The Morgan fingerprint density at radius 2 is 1.80 bits per heavy atom. The summed E-state index contributed by atoms with van der Waals surface area (Å²) in [7, 11) is 3.20. The maximum Gasteiger partial charge on any atom is 0.161 e. The zero-order valence-electron chi connectivity index (χ0n) is 8.65. The number of anilines is 1. The first kappa shape index (κ1) is 9.58. The number of nitrogens with two attached hydrogens (primary N) is 1. The van der Waals surface area contributed by atoms with Crippen LogP contribution in [0.15, 0.2) is 24.4 Å². The van der Waals surface area contributed by atoms with E-state index in [1.165, 1.54) is 0 Å². The van der Waals surface area contributed by atoms with Crippen molar-refractivity contribution >= 4 is 16.6 Å². The van der Waals surface area contributed by atoms with Crippen LogP contribution in [0, 0.1) is 0 Å². The highest BCUT2D eigenvalue weighted by atomic mass is 16.5. The number of aromatic nitrogens is 1. The van der Waals surface area contributed by atoms with Crippen LogP contribution in [0.1, 0.15) is 0 Å². The molecule has 2 rings (SSSR count). The molecule has 0 aliphatic heterocycles. The lowest BCUT2D eigenvalue weighted by molar-refractivity contribution is 0.356. The highest BCUT2D eigenvalue weighted by molar-refractivity contribution is 5.93. The molecule has 0 aliphatic rings. The van der Waals surface area contributed by atoms with Crippen molar-refractivity contribution in [1.29, 1.82) is 0 Å². The molecule has 2 N–H and O–H groups in total. The zero-order valence-corrected chi connectivity index (χ0v) is 8.65. The standard InChI is InChI=1S/C11H12N2O2/c1-14-9-5-7-3-4-13-11(12)8(7)6-10(9)15-2/h3-6H,1-2H3,(H2,12,13). The van der Waals surface area contributed by atoms with Gasteiger partial charge in [0.25, 0.3) is 0 Å². The number of nitrogens with zero attached hydrogens (tertiary/aromatic N) is 1. The third-order valence-corrected chi connectivity index (χ3v) is 2.30. The van der Waals surface area contributed by atoms with Crippen molar-refractivity contribution in [2.75, 3.05) is 20.0 Å². The first-order valence-electron chi connectivity index (χ1n) is 4.52. The van der Waals surface area contributed by atoms with Gasteiger partial charge < -0.3 is 15.2 Å². The average molecular weight is 204 g/mol. The SMILES string of the molecule is COc1cc2ccnc(N)c2cc1OC. The van der Waals surface area contributed by atoms with E-state index in [0.717, 1.165) is 10.8 Å². The molecule has 0 radical (unpaired) electrons. The minimum Gasteiger partial charge on any atom is -0.493 e. The molecule has 0 unspecified atom stereocenters. The first-order valence-corrected chi connectivity index (χ1v) is 4.52. The highest BCUT2D eigenvalue weighted by Crippen LogP contribution is 2.33. The van der Waals surface area contributed by atoms with Crippen LogP contribution >= 0.6 is 0 Å². The van der Waals surface area contributed by atoms with E-state index in [-0.39, 0.29) is 0 Å². The predicted octanol–water partition coefficient (Wildman–Crippen LogP) is 1.83. The predicted molar refractivity (Wildman–Crippen MR) is 59.3 cm³/mol. The number of ether oxygens (including phenoxy) is 2. The van der Waals surface area contributed by atoms with Gasteiger partial charge in [-0.2, -0.15) is 0 Å². The van der Waals surface area contributed by atoms with Gasteiger partial charge in [0.1, 0.15) is 5.82 Å². The van der Waals surface area contributed by atoms with Gasteiger partial charge in [-0.05, 0) is 23.6 Å². The summed E-state index contributed by atoms with van der Waals surface area (Å²) in [6.07, 6.45) is 1.67. The van der Waals surface area contributed by atoms with Crippen LogP contribution in [0.4, 0.5) is 5.82 Å². The Hall–Kier alpha value is -1.97. The van der Waals surface area contributed by atoms with Crippen molar-refractivity contribution in [3.05, 3.63) is 24.4 Å². The van der Waals surface area contributed by atoms with Gasteiger partial charge in [-0.3, -0.25) is 0 Å². The van der Waals surface area contributed by atoms with Crippen LogP contribution in [-0.4, -0.2) is 19.2 Å². The van der Waals surface area contributed by atoms with E-state index >= 15 is 0 Å². The molecule has 1 aromatic carbocycles. The Morgan fingerprint density at radius 3 is 2.47 bits per heavy atom. The van der Waals surface area contributed by atoms with Crippen LogP contribution in [0.25, 0.3) is 10.8 Å². The van der Waals surface area contributed by atoms with Crippen molar-refractivity contribution in [1.82, 2.24) is 4.98 Å². The van der Waals surface area contributed by atoms with E-state index < -0.39 is 0 Å². The van der Waals surface area contributed by atoms with Crippen LogP contribution in [0.5, 0.6) is 11.5 Å². The summed E-state index contributed by atoms with van der Waals surface area (Å²) >= 11 is 0. The molecule has 0 spiro atoms. The molecule has 4 nitrogen and oxygen atoms in total.